The Hall–Kier alpha value is -1.31. The number of carbonyl (C=O) groups excluding carboxylic acids is 1. The Kier molecular flexibility index (Phi) is 6.33. The molecule has 0 bridgehead atoms. The molecule has 1 aliphatic rings. The van der Waals surface area contributed by atoms with Gasteiger partial charge in [-0.3, -0.25) is 4.79 Å². The molecular formula is C18H17Cl3N2O3S. The minimum atomic E-state index is -3.69. The summed E-state index contributed by atoms with van der Waals surface area (Å²) in [6.07, 6.45) is 1.17. The van der Waals surface area contributed by atoms with E-state index in [4.69, 9.17) is 34.8 Å². The number of rotatable bonds is 4. The molecule has 1 heterocycles. The minimum absolute atomic E-state index is 0.0961. The number of amides is 1. The summed E-state index contributed by atoms with van der Waals surface area (Å²) in [5.74, 6) is -0.797. The van der Waals surface area contributed by atoms with Crippen molar-refractivity contribution in [2.24, 2.45) is 5.92 Å². The van der Waals surface area contributed by atoms with Crippen LogP contribution in [-0.2, 0) is 14.8 Å². The van der Waals surface area contributed by atoms with E-state index in [0.29, 0.717) is 40.1 Å². The number of nitrogens with zero attached hydrogens (tertiary/aromatic N) is 1. The number of halogens is 3. The van der Waals surface area contributed by atoms with E-state index in [1.807, 2.05) is 0 Å². The standard InChI is InChI=1S/C18H17Cl3N2O3S/c19-13-6-8-14(9-7-13)27(25,26)23-10-2-3-12(11-23)18(24)22-17-15(20)4-1-5-16(17)21/h1,4-9,12H,2-3,10-11H2,(H,22,24)/t12-/m0/s1. The molecule has 27 heavy (non-hydrogen) atoms. The molecule has 1 fully saturated rings. The van der Waals surface area contributed by atoms with Crippen molar-refractivity contribution in [1.82, 2.24) is 4.31 Å². The zero-order chi connectivity index (χ0) is 19.6. The van der Waals surface area contributed by atoms with Gasteiger partial charge in [-0.1, -0.05) is 40.9 Å². The second kappa shape index (κ2) is 8.37. The number of benzene rings is 2. The molecule has 1 atom stereocenters. The summed E-state index contributed by atoms with van der Waals surface area (Å²) in [5, 5.41) is 3.85. The third-order valence-electron chi connectivity index (χ3n) is 4.42. The number of hydrogen-bond acceptors (Lipinski definition) is 3. The van der Waals surface area contributed by atoms with E-state index in [9.17, 15) is 13.2 Å². The van der Waals surface area contributed by atoms with Crippen molar-refractivity contribution in [3.8, 4) is 0 Å². The number of nitrogens with one attached hydrogen (secondary N) is 1. The monoisotopic (exact) mass is 446 g/mol. The number of para-hydroxylation sites is 1. The Morgan fingerprint density at radius 3 is 2.30 bits per heavy atom. The highest BCUT2D eigenvalue weighted by Gasteiger charge is 2.33. The van der Waals surface area contributed by atoms with Crippen molar-refractivity contribution >= 4 is 56.4 Å². The van der Waals surface area contributed by atoms with Gasteiger partial charge < -0.3 is 5.32 Å². The fraction of sp³-hybridized carbons (Fsp3) is 0.278. The van der Waals surface area contributed by atoms with Crippen LogP contribution in [0.25, 0.3) is 0 Å². The van der Waals surface area contributed by atoms with Crippen molar-refractivity contribution in [3.05, 3.63) is 57.5 Å². The predicted molar refractivity (Wildman–Crippen MR) is 108 cm³/mol. The molecule has 2 aromatic carbocycles. The Balaban J connectivity index is 1.75. The van der Waals surface area contributed by atoms with Crippen molar-refractivity contribution in [2.75, 3.05) is 18.4 Å². The second-order valence-electron chi connectivity index (χ2n) is 6.24. The lowest BCUT2D eigenvalue weighted by molar-refractivity contribution is -0.120. The molecule has 0 spiro atoms. The molecule has 1 aliphatic heterocycles. The second-order valence-corrected chi connectivity index (χ2v) is 9.43. The fourth-order valence-corrected chi connectivity index (χ4v) is 5.11. The lowest BCUT2D eigenvalue weighted by Crippen LogP contribution is -2.43. The van der Waals surface area contributed by atoms with E-state index in [0.717, 1.165) is 0 Å². The summed E-state index contributed by atoms with van der Waals surface area (Å²) >= 11 is 18.0. The molecule has 5 nitrogen and oxygen atoms in total. The Morgan fingerprint density at radius 1 is 1.04 bits per heavy atom. The average molecular weight is 448 g/mol. The molecule has 0 unspecified atom stereocenters. The lowest BCUT2D eigenvalue weighted by atomic mass is 9.98. The van der Waals surface area contributed by atoms with Gasteiger partial charge in [-0.15, -0.1) is 0 Å². The van der Waals surface area contributed by atoms with Crippen molar-refractivity contribution < 1.29 is 13.2 Å². The molecular weight excluding hydrogens is 431 g/mol. The Morgan fingerprint density at radius 2 is 1.67 bits per heavy atom. The minimum Gasteiger partial charge on any atom is -0.323 e. The third kappa shape index (κ3) is 4.58. The first-order chi connectivity index (χ1) is 12.8. The van der Waals surface area contributed by atoms with Crippen molar-refractivity contribution in [3.63, 3.8) is 0 Å². The topological polar surface area (TPSA) is 66.5 Å². The molecule has 3 rings (SSSR count). The Bertz CT molecular complexity index is 929. The van der Waals surface area contributed by atoms with Crippen molar-refractivity contribution in [2.45, 2.75) is 17.7 Å². The molecule has 2 aromatic rings. The SMILES string of the molecule is O=C(Nc1c(Cl)cccc1Cl)[C@H]1CCCN(S(=O)(=O)c2ccc(Cl)cc2)C1. The fourth-order valence-electron chi connectivity index (χ4n) is 2.97. The van der Waals surface area contributed by atoms with Crippen LogP contribution in [0.15, 0.2) is 47.4 Å². The summed E-state index contributed by atoms with van der Waals surface area (Å²) in [5.41, 5.74) is 0.337. The highest BCUT2D eigenvalue weighted by molar-refractivity contribution is 7.89. The van der Waals surface area contributed by atoms with Gasteiger partial charge in [0.25, 0.3) is 0 Å². The van der Waals surface area contributed by atoms with Gasteiger partial charge in [0.05, 0.1) is 26.5 Å². The van der Waals surface area contributed by atoms with Gasteiger partial charge >= 0.3 is 0 Å². The zero-order valence-corrected chi connectivity index (χ0v) is 17.2. The number of carbonyl (C=O) groups is 1. The molecule has 144 valence electrons. The lowest BCUT2D eigenvalue weighted by Gasteiger charge is -2.31. The maximum atomic E-state index is 12.8. The molecule has 0 aliphatic carbocycles. The normalized spacial score (nSPS) is 18.3. The number of piperidine rings is 1. The van der Waals surface area contributed by atoms with Crippen LogP contribution in [0.2, 0.25) is 15.1 Å². The van der Waals surface area contributed by atoms with Gasteiger partial charge in [0.1, 0.15) is 0 Å². The predicted octanol–water partition coefficient (Wildman–Crippen LogP) is 4.69. The number of anilines is 1. The van der Waals surface area contributed by atoms with Crippen LogP contribution in [0.4, 0.5) is 5.69 Å². The van der Waals surface area contributed by atoms with E-state index in [2.05, 4.69) is 5.32 Å². The smallest absolute Gasteiger partial charge is 0.243 e. The first-order valence-electron chi connectivity index (χ1n) is 8.29. The van der Waals surface area contributed by atoms with Gasteiger partial charge in [-0.2, -0.15) is 4.31 Å². The van der Waals surface area contributed by atoms with Crippen molar-refractivity contribution in [1.29, 1.82) is 0 Å². The van der Waals surface area contributed by atoms with Crippen LogP contribution >= 0.6 is 34.8 Å². The van der Waals surface area contributed by atoms with E-state index in [-0.39, 0.29) is 17.3 Å². The largest absolute Gasteiger partial charge is 0.323 e. The maximum absolute atomic E-state index is 12.8. The molecule has 0 radical (unpaired) electrons. The highest BCUT2D eigenvalue weighted by Crippen LogP contribution is 2.31. The molecule has 0 aromatic heterocycles. The summed E-state index contributed by atoms with van der Waals surface area (Å²) in [6, 6.07) is 10.9. The maximum Gasteiger partial charge on any atom is 0.243 e. The van der Waals surface area contributed by atoms with Gasteiger partial charge in [-0.25, -0.2) is 8.42 Å². The van der Waals surface area contributed by atoms with Gasteiger partial charge in [-0.05, 0) is 49.2 Å². The molecule has 1 saturated heterocycles. The summed E-state index contributed by atoms with van der Waals surface area (Å²) in [7, 11) is -3.69. The van der Waals surface area contributed by atoms with Crippen LogP contribution < -0.4 is 5.32 Å². The van der Waals surface area contributed by atoms with Crippen LogP contribution in [0.5, 0.6) is 0 Å². The van der Waals surface area contributed by atoms with Crippen LogP contribution in [-0.4, -0.2) is 31.7 Å². The Labute approximate surface area is 173 Å². The van der Waals surface area contributed by atoms with Gasteiger partial charge in [0.15, 0.2) is 0 Å². The van der Waals surface area contributed by atoms with Crippen LogP contribution in [0, 0.1) is 5.92 Å². The zero-order valence-electron chi connectivity index (χ0n) is 14.2. The molecule has 0 saturated carbocycles. The number of sulfonamides is 1. The highest BCUT2D eigenvalue weighted by atomic mass is 35.5. The third-order valence-corrected chi connectivity index (χ3v) is 7.18. The van der Waals surface area contributed by atoms with E-state index >= 15 is 0 Å². The van der Waals surface area contributed by atoms with Crippen LogP contribution in [0.3, 0.4) is 0 Å². The molecule has 1 amide bonds. The first kappa shape index (κ1) is 20.4. The molecule has 1 N–H and O–H groups in total. The molecule has 9 heteroatoms. The summed E-state index contributed by atoms with van der Waals surface area (Å²) < 4.78 is 27.0. The van der Waals surface area contributed by atoms with E-state index in [1.54, 1.807) is 18.2 Å². The van der Waals surface area contributed by atoms with E-state index in [1.165, 1.54) is 28.6 Å². The average Bonchev–Trinajstić information content (AvgIpc) is 2.65. The van der Waals surface area contributed by atoms with Crippen LogP contribution in [0.1, 0.15) is 12.8 Å². The van der Waals surface area contributed by atoms with E-state index < -0.39 is 15.9 Å². The van der Waals surface area contributed by atoms with Gasteiger partial charge in [0.2, 0.25) is 15.9 Å². The summed E-state index contributed by atoms with van der Waals surface area (Å²) in [6.45, 7) is 0.459. The number of hydrogen-bond donors (Lipinski definition) is 1. The first-order valence-corrected chi connectivity index (χ1v) is 10.9. The summed E-state index contributed by atoms with van der Waals surface area (Å²) in [4.78, 5) is 12.8. The van der Waals surface area contributed by atoms with Gasteiger partial charge in [0, 0.05) is 18.1 Å². The quantitative estimate of drug-likeness (QED) is 0.739.